The number of amides is 1. The van der Waals surface area contributed by atoms with Gasteiger partial charge in [-0.25, -0.2) is 9.07 Å². The number of halogens is 1. The number of hydrogen-bond acceptors (Lipinski definition) is 2. The highest BCUT2D eigenvalue weighted by Gasteiger charge is 2.44. The Bertz CT molecular complexity index is 728. The molecule has 0 saturated heterocycles. The Balaban J connectivity index is 1.71. The molecule has 23 heavy (non-hydrogen) atoms. The predicted molar refractivity (Wildman–Crippen MR) is 87.8 cm³/mol. The predicted octanol–water partition coefficient (Wildman–Crippen LogP) is 3.83. The Labute approximate surface area is 135 Å². The average Bonchev–Trinajstić information content (AvgIpc) is 3.16. The second kappa shape index (κ2) is 5.48. The van der Waals surface area contributed by atoms with Gasteiger partial charge in [0.1, 0.15) is 11.6 Å². The fourth-order valence-corrected chi connectivity index (χ4v) is 2.88. The molecule has 1 aliphatic carbocycles. The smallest absolute Gasteiger partial charge is 0.229 e. The molecule has 3 rings (SSSR count). The normalized spacial score (nSPS) is 20.4. The van der Waals surface area contributed by atoms with Crippen molar-refractivity contribution in [1.82, 2.24) is 9.78 Å². The minimum atomic E-state index is -0.250. The number of anilines is 1. The van der Waals surface area contributed by atoms with Gasteiger partial charge in [-0.05, 0) is 57.7 Å². The van der Waals surface area contributed by atoms with Gasteiger partial charge in [-0.3, -0.25) is 4.79 Å². The summed E-state index contributed by atoms with van der Waals surface area (Å²) in [6, 6.07) is 8.30. The van der Waals surface area contributed by atoms with Gasteiger partial charge in [0.2, 0.25) is 5.91 Å². The van der Waals surface area contributed by atoms with Gasteiger partial charge in [0.15, 0.2) is 0 Å². The zero-order valence-corrected chi connectivity index (χ0v) is 13.9. The second-order valence-corrected chi connectivity index (χ2v) is 7.24. The largest absolute Gasteiger partial charge is 0.311 e. The molecule has 122 valence electrons. The molecule has 1 aliphatic rings. The fourth-order valence-electron chi connectivity index (χ4n) is 2.88. The molecule has 4 nitrogen and oxygen atoms in total. The van der Waals surface area contributed by atoms with Crippen LogP contribution >= 0.6 is 0 Å². The van der Waals surface area contributed by atoms with Crippen molar-refractivity contribution in [2.45, 2.75) is 45.6 Å². The van der Waals surface area contributed by atoms with Crippen molar-refractivity contribution >= 4 is 11.7 Å². The summed E-state index contributed by atoms with van der Waals surface area (Å²) in [7, 11) is 0. The van der Waals surface area contributed by atoms with Crippen molar-refractivity contribution in [3.8, 4) is 0 Å². The summed E-state index contributed by atoms with van der Waals surface area (Å²) in [5, 5.41) is 7.46. The van der Waals surface area contributed by atoms with E-state index in [1.807, 2.05) is 38.4 Å². The first kappa shape index (κ1) is 15.7. The van der Waals surface area contributed by atoms with Crippen LogP contribution < -0.4 is 5.32 Å². The number of aromatic nitrogens is 2. The highest BCUT2D eigenvalue weighted by molar-refractivity contribution is 5.94. The first-order valence-corrected chi connectivity index (χ1v) is 7.89. The van der Waals surface area contributed by atoms with Crippen molar-refractivity contribution in [2.24, 2.45) is 5.92 Å². The molecule has 0 unspecified atom stereocenters. The lowest BCUT2D eigenvalue weighted by Gasteiger charge is -2.22. The van der Waals surface area contributed by atoms with Gasteiger partial charge in [-0.1, -0.05) is 12.1 Å². The lowest BCUT2D eigenvalue weighted by Crippen LogP contribution is -2.27. The van der Waals surface area contributed by atoms with Crippen LogP contribution in [0.25, 0.3) is 0 Å². The molecule has 0 aliphatic heterocycles. The van der Waals surface area contributed by atoms with Crippen LogP contribution in [0.3, 0.4) is 0 Å². The van der Waals surface area contributed by atoms with Crippen molar-refractivity contribution in [3.63, 3.8) is 0 Å². The number of nitrogens with zero attached hydrogens (tertiary/aromatic N) is 2. The highest BCUT2D eigenvalue weighted by atomic mass is 19.1. The number of hydrogen-bond donors (Lipinski definition) is 1. The van der Waals surface area contributed by atoms with Crippen LogP contribution in [-0.4, -0.2) is 15.7 Å². The summed E-state index contributed by atoms with van der Waals surface area (Å²) >= 11 is 0. The first-order valence-electron chi connectivity index (χ1n) is 7.89. The maximum absolute atomic E-state index is 13.0. The average molecular weight is 315 g/mol. The van der Waals surface area contributed by atoms with Crippen molar-refractivity contribution < 1.29 is 9.18 Å². The van der Waals surface area contributed by atoms with Gasteiger partial charge in [0, 0.05) is 12.0 Å². The van der Waals surface area contributed by atoms with Gasteiger partial charge in [0.05, 0.1) is 11.2 Å². The molecule has 0 bridgehead atoms. The number of carbonyl (C=O) groups is 1. The van der Waals surface area contributed by atoms with Crippen molar-refractivity contribution in [1.29, 1.82) is 0 Å². The minimum absolute atomic E-state index is 0.00438. The van der Waals surface area contributed by atoms with E-state index < -0.39 is 0 Å². The third-order valence-electron chi connectivity index (χ3n) is 4.14. The monoisotopic (exact) mass is 315 g/mol. The molecule has 5 heteroatoms. The van der Waals surface area contributed by atoms with E-state index in [0.717, 1.165) is 23.5 Å². The van der Waals surface area contributed by atoms with E-state index in [-0.39, 0.29) is 29.1 Å². The standard InChI is InChI=1S/C18H22FN3O/c1-11-9-16(22(21-11)18(2,3)4)20-17(23)15-10-14(15)12-5-7-13(19)8-6-12/h5-9,14-15H,10H2,1-4H3,(H,20,23)/t14-,15-/m0/s1. The highest BCUT2D eigenvalue weighted by Crippen LogP contribution is 2.48. The molecule has 1 heterocycles. The zero-order valence-electron chi connectivity index (χ0n) is 13.9. The lowest BCUT2D eigenvalue weighted by atomic mass is 10.1. The zero-order chi connectivity index (χ0) is 16.8. The van der Waals surface area contributed by atoms with Gasteiger partial charge >= 0.3 is 0 Å². The summed E-state index contributed by atoms with van der Waals surface area (Å²) in [6.45, 7) is 8.06. The van der Waals surface area contributed by atoms with Crippen LogP contribution in [-0.2, 0) is 10.3 Å². The molecule has 1 N–H and O–H groups in total. The Morgan fingerprint density at radius 1 is 1.30 bits per heavy atom. The molecule has 0 spiro atoms. The molecule has 1 fully saturated rings. The molecule has 1 amide bonds. The molecular weight excluding hydrogens is 293 g/mol. The summed E-state index contributed by atoms with van der Waals surface area (Å²) in [6.07, 6.45) is 0.806. The molecule has 1 saturated carbocycles. The molecular formula is C18H22FN3O. The summed E-state index contributed by atoms with van der Waals surface area (Å²) in [5.41, 5.74) is 1.70. The van der Waals surface area contributed by atoms with E-state index in [2.05, 4.69) is 10.4 Å². The molecule has 1 aromatic carbocycles. The fraction of sp³-hybridized carbons (Fsp3) is 0.444. The van der Waals surface area contributed by atoms with Crippen molar-refractivity contribution in [2.75, 3.05) is 5.32 Å². The molecule has 0 radical (unpaired) electrons. The quantitative estimate of drug-likeness (QED) is 0.936. The third kappa shape index (κ3) is 3.28. The first-order chi connectivity index (χ1) is 10.8. The number of aryl methyl sites for hydroxylation is 1. The number of rotatable bonds is 3. The van der Waals surface area contributed by atoms with Crippen LogP contribution in [0.1, 0.15) is 44.4 Å². The third-order valence-corrected chi connectivity index (χ3v) is 4.14. The Kier molecular flexibility index (Phi) is 3.74. The van der Waals surface area contributed by atoms with Crippen molar-refractivity contribution in [3.05, 3.63) is 47.4 Å². The van der Waals surface area contributed by atoms with Gasteiger partial charge < -0.3 is 5.32 Å². The topological polar surface area (TPSA) is 46.9 Å². The van der Waals surface area contributed by atoms with E-state index in [1.54, 1.807) is 12.1 Å². The van der Waals surface area contributed by atoms with E-state index in [1.165, 1.54) is 12.1 Å². The van der Waals surface area contributed by atoms with E-state index in [9.17, 15) is 9.18 Å². The van der Waals surface area contributed by atoms with Gasteiger partial charge in [0.25, 0.3) is 0 Å². The van der Waals surface area contributed by atoms with Crippen LogP contribution in [0.5, 0.6) is 0 Å². The van der Waals surface area contributed by atoms with E-state index in [4.69, 9.17) is 0 Å². The van der Waals surface area contributed by atoms with Crippen LogP contribution in [0.2, 0.25) is 0 Å². The number of nitrogens with one attached hydrogen (secondary N) is 1. The van der Waals surface area contributed by atoms with Crippen LogP contribution in [0, 0.1) is 18.7 Å². The summed E-state index contributed by atoms with van der Waals surface area (Å²) in [4.78, 5) is 12.5. The minimum Gasteiger partial charge on any atom is -0.311 e. The summed E-state index contributed by atoms with van der Waals surface area (Å²) < 4.78 is 14.8. The second-order valence-electron chi connectivity index (χ2n) is 7.24. The SMILES string of the molecule is Cc1cc(NC(=O)[C@H]2C[C@H]2c2ccc(F)cc2)n(C(C)(C)C)n1. The molecule has 1 aromatic heterocycles. The molecule has 2 atom stereocenters. The molecule has 2 aromatic rings. The van der Waals surface area contributed by atoms with Crippen LogP contribution in [0.4, 0.5) is 10.2 Å². The van der Waals surface area contributed by atoms with Gasteiger partial charge in [-0.2, -0.15) is 5.10 Å². The Hall–Kier alpha value is -2.17. The van der Waals surface area contributed by atoms with E-state index in [0.29, 0.717) is 0 Å². The number of benzene rings is 1. The lowest BCUT2D eigenvalue weighted by molar-refractivity contribution is -0.117. The Morgan fingerprint density at radius 3 is 2.57 bits per heavy atom. The van der Waals surface area contributed by atoms with Crippen LogP contribution in [0.15, 0.2) is 30.3 Å². The maximum Gasteiger partial charge on any atom is 0.229 e. The maximum atomic E-state index is 13.0. The van der Waals surface area contributed by atoms with E-state index >= 15 is 0 Å². The Morgan fingerprint density at radius 2 is 1.96 bits per heavy atom. The summed E-state index contributed by atoms with van der Waals surface area (Å²) in [5.74, 6) is 0.612. The van der Waals surface area contributed by atoms with Gasteiger partial charge in [-0.15, -0.1) is 0 Å². The number of carbonyl (C=O) groups excluding carboxylic acids is 1.